The van der Waals surface area contributed by atoms with Crippen LogP contribution in [0.4, 0.5) is 11.4 Å². The van der Waals surface area contributed by atoms with Crippen LogP contribution in [0.2, 0.25) is 0 Å². The highest BCUT2D eigenvalue weighted by Gasteiger charge is 2.18. The summed E-state index contributed by atoms with van der Waals surface area (Å²) in [5.74, 6) is 0. The van der Waals surface area contributed by atoms with Crippen molar-refractivity contribution in [1.82, 2.24) is 9.78 Å². The van der Waals surface area contributed by atoms with Crippen LogP contribution in [0.1, 0.15) is 0 Å². The summed E-state index contributed by atoms with van der Waals surface area (Å²) >= 11 is 3.24. The van der Waals surface area contributed by atoms with E-state index in [2.05, 4.69) is 25.8 Å². The second kappa shape index (κ2) is 4.62. The summed E-state index contributed by atoms with van der Waals surface area (Å²) in [4.78, 5) is 0. The van der Waals surface area contributed by atoms with Crippen LogP contribution in [0, 0.1) is 0 Å². The molecule has 0 fully saturated rings. The highest BCUT2D eigenvalue weighted by molar-refractivity contribution is 9.10. The van der Waals surface area contributed by atoms with Crippen molar-refractivity contribution in [1.29, 1.82) is 0 Å². The van der Waals surface area contributed by atoms with Gasteiger partial charge in [0.2, 0.25) is 0 Å². The van der Waals surface area contributed by atoms with Gasteiger partial charge in [0, 0.05) is 17.2 Å². The number of rotatable bonds is 3. The van der Waals surface area contributed by atoms with Gasteiger partial charge in [-0.05, 0) is 40.2 Å². The number of benzene rings is 1. The second-order valence-electron chi connectivity index (χ2n) is 3.63. The molecule has 0 amide bonds. The van der Waals surface area contributed by atoms with E-state index >= 15 is 0 Å². The minimum atomic E-state index is -3.64. The molecule has 0 aliphatic heterocycles. The Bertz CT molecular complexity index is 681. The third kappa shape index (κ3) is 2.49. The third-order valence-electron chi connectivity index (χ3n) is 2.30. The van der Waals surface area contributed by atoms with Crippen LogP contribution < -0.4 is 10.5 Å². The fourth-order valence-electron chi connectivity index (χ4n) is 1.42. The van der Waals surface area contributed by atoms with Gasteiger partial charge in [-0.15, -0.1) is 0 Å². The fourth-order valence-corrected chi connectivity index (χ4v) is 2.98. The normalized spacial score (nSPS) is 11.4. The molecule has 0 aliphatic carbocycles. The molecule has 1 heterocycles. The zero-order chi connectivity index (χ0) is 13.3. The van der Waals surface area contributed by atoms with Gasteiger partial charge in [0.25, 0.3) is 10.0 Å². The predicted molar refractivity (Wildman–Crippen MR) is 72.6 cm³/mol. The highest BCUT2D eigenvalue weighted by atomic mass is 79.9. The van der Waals surface area contributed by atoms with Crippen molar-refractivity contribution in [2.24, 2.45) is 7.05 Å². The molecule has 18 heavy (non-hydrogen) atoms. The summed E-state index contributed by atoms with van der Waals surface area (Å²) in [7, 11) is -2.08. The van der Waals surface area contributed by atoms with Crippen molar-refractivity contribution in [3.63, 3.8) is 0 Å². The minimum absolute atomic E-state index is 0.0930. The van der Waals surface area contributed by atoms with Crippen LogP contribution in [-0.4, -0.2) is 18.2 Å². The lowest BCUT2D eigenvalue weighted by molar-refractivity contribution is 0.582. The molecule has 2 aromatic rings. The number of anilines is 2. The van der Waals surface area contributed by atoms with E-state index in [9.17, 15) is 8.42 Å². The molecule has 8 heteroatoms. The molecular weight excluding hydrogens is 320 g/mol. The molecule has 0 spiro atoms. The van der Waals surface area contributed by atoms with Gasteiger partial charge in [-0.3, -0.25) is 9.40 Å². The zero-order valence-corrected chi connectivity index (χ0v) is 11.9. The zero-order valence-electron chi connectivity index (χ0n) is 9.46. The van der Waals surface area contributed by atoms with Crippen molar-refractivity contribution in [2.75, 3.05) is 10.5 Å². The SMILES string of the molecule is Cn1nccc1S(=O)(=O)Nc1ccc(N)c(Br)c1. The number of nitrogens with one attached hydrogen (secondary N) is 1. The number of nitrogens with zero attached hydrogens (tertiary/aromatic N) is 2. The Morgan fingerprint density at radius 3 is 2.67 bits per heavy atom. The molecule has 1 aromatic heterocycles. The quantitative estimate of drug-likeness (QED) is 0.836. The summed E-state index contributed by atoms with van der Waals surface area (Å²) in [6.45, 7) is 0. The van der Waals surface area contributed by atoms with Crippen molar-refractivity contribution in [3.05, 3.63) is 34.9 Å². The standard InChI is InChI=1S/C10H11BrN4O2S/c1-15-10(4-5-13-15)18(16,17)14-7-2-3-9(12)8(11)6-7/h2-6,14H,12H2,1H3. The van der Waals surface area contributed by atoms with E-state index < -0.39 is 10.0 Å². The average Bonchev–Trinajstić information content (AvgIpc) is 2.70. The van der Waals surface area contributed by atoms with Crippen LogP contribution >= 0.6 is 15.9 Å². The topological polar surface area (TPSA) is 90.0 Å². The molecule has 0 unspecified atom stereocenters. The van der Waals surface area contributed by atoms with E-state index in [4.69, 9.17) is 5.73 Å². The van der Waals surface area contributed by atoms with Crippen LogP contribution in [0.25, 0.3) is 0 Å². The molecule has 1 aromatic carbocycles. The van der Waals surface area contributed by atoms with E-state index in [1.54, 1.807) is 25.2 Å². The van der Waals surface area contributed by atoms with Crippen molar-refractivity contribution >= 4 is 37.3 Å². The largest absolute Gasteiger partial charge is 0.398 e. The molecule has 6 nitrogen and oxygen atoms in total. The molecule has 3 N–H and O–H groups in total. The first-order chi connectivity index (χ1) is 8.40. The number of sulfonamides is 1. The van der Waals surface area contributed by atoms with Crippen LogP contribution in [-0.2, 0) is 17.1 Å². The number of hydrogen-bond donors (Lipinski definition) is 2. The summed E-state index contributed by atoms with van der Waals surface area (Å²) in [5.41, 5.74) is 6.60. The van der Waals surface area contributed by atoms with E-state index in [-0.39, 0.29) is 5.03 Å². The van der Waals surface area contributed by atoms with Crippen LogP contribution in [0.15, 0.2) is 40.0 Å². The van der Waals surface area contributed by atoms with Gasteiger partial charge in [-0.25, -0.2) is 0 Å². The maximum absolute atomic E-state index is 12.1. The van der Waals surface area contributed by atoms with Crippen molar-refractivity contribution < 1.29 is 8.42 Å². The maximum atomic E-state index is 12.1. The van der Waals surface area contributed by atoms with E-state index in [1.807, 2.05) is 0 Å². The molecule has 0 atom stereocenters. The van der Waals surface area contributed by atoms with Crippen molar-refractivity contribution in [3.8, 4) is 0 Å². The van der Waals surface area contributed by atoms with E-state index in [1.165, 1.54) is 16.9 Å². The summed E-state index contributed by atoms with van der Waals surface area (Å²) < 4.78 is 28.5. The molecule has 0 saturated carbocycles. The molecule has 0 saturated heterocycles. The lowest BCUT2D eigenvalue weighted by Crippen LogP contribution is -2.16. The average molecular weight is 331 g/mol. The molecule has 0 aliphatic rings. The lowest BCUT2D eigenvalue weighted by Gasteiger charge is -2.09. The Morgan fingerprint density at radius 1 is 1.39 bits per heavy atom. The number of aryl methyl sites for hydroxylation is 1. The Hall–Kier alpha value is -1.54. The second-order valence-corrected chi connectivity index (χ2v) is 6.12. The molecule has 0 bridgehead atoms. The molecule has 2 rings (SSSR count). The summed E-state index contributed by atoms with van der Waals surface area (Å²) in [5, 5.41) is 3.92. The predicted octanol–water partition coefficient (Wildman–Crippen LogP) is 1.57. The van der Waals surface area contributed by atoms with Gasteiger partial charge in [0.05, 0.1) is 11.9 Å². The Kier molecular flexibility index (Phi) is 3.31. The van der Waals surface area contributed by atoms with Crippen molar-refractivity contribution in [2.45, 2.75) is 5.03 Å². The first-order valence-electron chi connectivity index (χ1n) is 4.96. The van der Waals surface area contributed by atoms with Crippen LogP contribution in [0.3, 0.4) is 0 Å². The smallest absolute Gasteiger partial charge is 0.279 e. The maximum Gasteiger partial charge on any atom is 0.279 e. The van der Waals surface area contributed by atoms with Gasteiger partial charge in [0.15, 0.2) is 5.03 Å². The van der Waals surface area contributed by atoms with Crippen LogP contribution in [0.5, 0.6) is 0 Å². The van der Waals surface area contributed by atoms with Gasteiger partial charge in [-0.2, -0.15) is 13.5 Å². The highest BCUT2D eigenvalue weighted by Crippen LogP contribution is 2.24. The summed E-state index contributed by atoms with van der Waals surface area (Å²) in [6.07, 6.45) is 1.42. The molecule has 0 radical (unpaired) electrons. The number of nitrogen functional groups attached to an aromatic ring is 1. The number of halogens is 1. The lowest BCUT2D eigenvalue weighted by atomic mass is 10.3. The number of nitrogens with two attached hydrogens (primary N) is 1. The molecular formula is C10H11BrN4O2S. The Balaban J connectivity index is 2.34. The van der Waals surface area contributed by atoms with Gasteiger partial charge < -0.3 is 5.73 Å². The third-order valence-corrected chi connectivity index (χ3v) is 4.45. The summed E-state index contributed by atoms with van der Waals surface area (Å²) in [6, 6.07) is 6.23. The number of aromatic nitrogens is 2. The Labute approximate surface area is 113 Å². The number of hydrogen-bond acceptors (Lipinski definition) is 4. The van der Waals surface area contributed by atoms with Gasteiger partial charge in [-0.1, -0.05) is 0 Å². The fraction of sp³-hybridized carbons (Fsp3) is 0.100. The molecule has 96 valence electrons. The minimum Gasteiger partial charge on any atom is -0.398 e. The monoisotopic (exact) mass is 330 g/mol. The first-order valence-corrected chi connectivity index (χ1v) is 7.23. The van der Waals surface area contributed by atoms with E-state index in [0.29, 0.717) is 15.8 Å². The Morgan fingerprint density at radius 2 is 2.11 bits per heavy atom. The first kappa shape index (κ1) is 12.9. The van der Waals surface area contributed by atoms with Gasteiger partial charge >= 0.3 is 0 Å². The van der Waals surface area contributed by atoms with Gasteiger partial charge in [0.1, 0.15) is 0 Å². The van der Waals surface area contributed by atoms with E-state index in [0.717, 1.165) is 0 Å².